The number of ether oxygens (including phenoxy) is 1. The van der Waals surface area contributed by atoms with Gasteiger partial charge < -0.3 is 14.4 Å². The summed E-state index contributed by atoms with van der Waals surface area (Å²) in [6, 6.07) is 4.16. The molecule has 1 aromatic rings. The first kappa shape index (κ1) is 17.8. The fraction of sp³-hybridized carbons (Fsp3) is 0.647. The fourth-order valence-corrected chi connectivity index (χ4v) is 2.17. The van der Waals surface area contributed by atoms with Gasteiger partial charge in [0.1, 0.15) is 6.61 Å². The van der Waals surface area contributed by atoms with Crippen molar-refractivity contribution in [3.8, 4) is 12.3 Å². The van der Waals surface area contributed by atoms with Gasteiger partial charge in [-0.05, 0) is 31.0 Å². The van der Waals surface area contributed by atoms with Gasteiger partial charge in [-0.25, -0.2) is 0 Å². The molecule has 21 heavy (non-hydrogen) atoms. The molecule has 0 saturated carbocycles. The molecule has 0 fully saturated rings. The van der Waals surface area contributed by atoms with Crippen LogP contribution < -0.4 is 0 Å². The van der Waals surface area contributed by atoms with Gasteiger partial charge in [0.2, 0.25) is 0 Å². The highest BCUT2D eigenvalue weighted by Gasteiger charge is 2.14. The number of hydrogen-bond donors (Lipinski definition) is 1. The molecular formula is C17H28N2O2. The van der Waals surface area contributed by atoms with Crippen LogP contribution in [0.2, 0.25) is 0 Å². The minimum Gasteiger partial charge on any atom is -0.389 e. The quantitative estimate of drug-likeness (QED) is 0.528. The molecule has 0 spiro atoms. The Kier molecular flexibility index (Phi) is 8.14. The minimum absolute atomic E-state index is 0.251. The maximum Gasteiger partial charge on any atom is 0.107 e. The molecule has 0 amide bonds. The molecule has 4 nitrogen and oxygen atoms in total. The van der Waals surface area contributed by atoms with Gasteiger partial charge in [0.15, 0.2) is 0 Å². The topological polar surface area (TPSA) is 37.6 Å². The number of aryl methyl sites for hydroxylation is 1. The van der Waals surface area contributed by atoms with Gasteiger partial charge in [0.05, 0.1) is 12.7 Å². The maximum absolute atomic E-state index is 10.1. The van der Waals surface area contributed by atoms with Crippen LogP contribution in [0.3, 0.4) is 0 Å². The predicted octanol–water partition coefficient (Wildman–Crippen LogP) is 1.88. The second-order valence-electron chi connectivity index (χ2n) is 5.90. The Morgan fingerprint density at radius 2 is 2.24 bits per heavy atom. The molecule has 0 saturated heterocycles. The molecule has 0 aromatic carbocycles. The summed E-state index contributed by atoms with van der Waals surface area (Å²) in [5.74, 6) is 3.06. The highest BCUT2D eigenvalue weighted by atomic mass is 16.5. The van der Waals surface area contributed by atoms with Gasteiger partial charge in [-0.15, -0.1) is 6.42 Å². The average molecular weight is 292 g/mol. The van der Waals surface area contributed by atoms with Crippen molar-refractivity contribution >= 4 is 0 Å². The van der Waals surface area contributed by atoms with Crippen molar-refractivity contribution in [1.82, 2.24) is 9.47 Å². The van der Waals surface area contributed by atoms with Crippen LogP contribution in [-0.4, -0.2) is 47.0 Å². The van der Waals surface area contributed by atoms with E-state index in [0.717, 1.165) is 19.5 Å². The highest BCUT2D eigenvalue weighted by molar-refractivity contribution is 5.06. The van der Waals surface area contributed by atoms with E-state index in [-0.39, 0.29) is 13.2 Å². The number of nitrogens with zero attached hydrogens (tertiary/aromatic N) is 2. The van der Waals surface area contributed by atoms with Crippen LogP contribution in [0, 0.1) is 18.3 Å². The summed E-state index contributed by atoms with van der Waals surface area (Å²) < 4.78 is 7.33. The van der Waals surface area contributed by atoms with Crippen LogP contribution >= 0.6 is 0 Å². The minimum atomic E-state index is -0.509. The van der Waals surface area contributed by atoms with Crippen molar-refractivity contribution in [3.05, 3.63) is 24.0 Å². The van der Waals surface area contributed by atoms with E-state index in [4.69, 9.17) is 11.2 Å². The molecule has 0 aliphatic carbocycles. The monoisotopic (exact) mass is 292 g/mol. The van der Waals surface area contributed by atoms with E-state index in [1.54, 1.807) is 0 Å². The smallest absolute Gasteiger partial charge is 0.107 e. The van der Waals surface area contributed by atoms with Gasteiger partial charge >= 0.3 is 0 Å². The highest BCUT2D eigenvalue weighted by Crippen LogP contribution is 2.09. The Bertz CT molecular complexity index is 434. The van der Waals surface area contributed by atoms with Crippen molar-refractivity contribution in [2.24, 2.45) is 13.0 Å². The summed E-state index contributed by atoms with van der Waals surface area (Å²) in [4.78, 5) is 2.28. The zero-order valence-corrected chi connectivity index (χ0v) is 13.5. The van der Waals surface area contributed by atoms with Crippen LogP contribution in [0.4, 0.5) is 0 Å². The Morgan fingerprint density at radius 1 is 1.48 bits per heavy atom. The lowest BCUT2D eigenvalue weighted by Crippen LogP contribution is -2.36. The first-order valence-electron chi connectivity index (χ1n) is 7.54. The molecule has 1 heterocycles. The molecular weight excluding hydrogens is 264 g/mol. The molecule has 0 aliphatic heterocycles. The van der Waals surface area contributed by atoms with Crippen LogP contribution in [0.1, 0.15) is 26.0 Å². The van der Waals surface area contributed by atoms with E-state index in [2.05, 4.69) is 35.3 Å². The molecule has 1 atom stereocenters. The van der Waals surface area contributed by atoms with E-state index in [9.17, 15) is 5.11 Å². The van der Waals surface area contributed by atoms with Crippen LogP contribution in [0.25, 0.3) is 0 Å². The Labute approximate surface area is 128 Å². The number of aliphatic hydroxyl groups is 1. The predicted molar refractivity (Wildman–Crippen MR) is 85.8 cm³/mol. The lowest BCUT2D eigenvalue weighted by atomic mass is 10.1. The summed E-state index contributed by atoms with van der Waals surface area (Å²) in [5.41, 5.74) is 1.25. The van der Waals surface area contributed by atoms with Gasteiger partial charge in [0, 0.05) is 32.0 Å². The molecule has 1 rings (SSSR count). The van der Waals surface area contributed by atoms with Crippen molar-refractivity contribution < 1.29 is 9.84 Å². The van der Waals surface area contributed by atoms with Gasteiger partial charge in [0.25, 0.3) is 0 Å². The fourth-order valence-electron chi connectivity index (χ4n) is 2.17. The Balaban J connectivity index is 2.51. The normalized spacial score (nSPS) is 12.8. The largest absolute Gasteiger partial charge is 0.389 e. The average Bonchev–Trinajstić information content (AvgIpc) is 2.82. The lowest BCUT2D eigenvalue weighted by Gasteiger charge is -2.26. The molecule has 0 aliphatic rings. The molecule has 118 valence electrons. The third-order valence-electron chi connectivity index (χ3n) is 3.42. The van der Waals surface area contributed by atoms with E-state index >= 15 is 0 Å². The second kappa shape index (κ2) is 9.62. The van der Waals surface area contributed by atoms with E-state index in [1.807, 2.05) is 19.3 Å². The number of aliphatic hydroxyl groups excluding tert-OH is 1. The zero-order valence-electron chi connectivity index (χ0n) is 13.5. The number of terminal acetylenes is 1. The summed E-state index contributed by atoms with van der Waals surface area (Å²) in [6.45, 7) is 7.37. The van der Waals surface area contributed by atoms with Crippen LogP contribution in [0.5, 0.6) is 0 Å². The molecule has 1 unspecified atom stereocenters. The zero-order chi connectivity index (χ0) is 15.7. The summed E-state index contributed by atoms with van der Waals surface area (Å²) in [5, 5.41) is 10.1. The molecule has 1 aromatic heterocycles. The molecule has 0 radical (unpaired) electrons. The molecule has 1 N–H and O–H groups in total. The van der Waals surface area contributed by atoms with Gasteiger partial charge in [-0.3, -0.25) is 4.90 Å². The first-order chi connectivity index (χ1) is 10.0. The number of aromatic nitrogens is 1. The van der Waals surface area contributed by atoms with Crippen molar-refractivity contribution in [2.45, 2.75) is 32.9 Å². The van der Waals surface area contributed by atoms with E-state index in [0.29, 0.717) is 12.5 Å². The molecule has 0 bridgehead atoms. The van der Waals surface area contributed by atoms with E-state index in [1.165, 1.54) is 5.69 Å². The second-order valence-corrected chi connectivity index (χ2v) is 5.90. The SMILES string of the molecule is C#CCOCC(O)CN(CCC(C)C)Cc1cccn1C. The van der Waals surface area contributed by atoms with Crippen molar-refractivity contribution in [3.63, 3.8) is 0 Å². The molecule has 4 heteroatoms. The number of rotatable bonds is 10. The Morgan fingerprint density at radius 3 is 2.81 bits per heavy atom. The van der Waals surface area contributed by atoms with Crippen molar-refractivity contribution in [1.29, 1.82) is 0 Å². The van der Waals surface area contributed by atoms with Gasteiger partial charge in [-0.2, -0.15) is 0 Å². The third kappa shape index (κ3) is 7.33. The lowest BCUT2D eigenvalue weighted by molar-refractivity contribution is 0.0248. The summed E-state index contributed by atoms with van der Waals surface area (Å²) >= 11 is 0. The Hall–Kier alpha value is -1.28. The van der Waals surface area contributed by atoms with Crippen molar-refractivity contribution in [2.75, 3.05) is 26.3 Å². The first-order valence-corrected chi connectivity index (χ1v) is 7.54. The van der Waals surface area contributed by atoms with Crippen LogP contribution in [0.15, 0.2) is 18.3 Å². The van der Waals surface area contributed by atoms with E-state index < -0.39 is 6.10 Å². The summed E-state index contributed by atoms with van der Waals surface area (Å²) in [6.07, 6.45) is 7.78. The maximum atomic E-state index is 10.1. The standard InChI is InChI=1S/C17H28N2O2/c1-5-11-21-14-17(20)13-19(10-8-15(2)3)12-16-7-6-9-18(16)4/h1,6-7,9,15,17,20H,8,10-14H2,2-4H3. The van der Waals surface area contributed by atoms with Gasteiger partial charge in [-0.1, -0.05) is 19.8 Å². The van der Waals surface area contributed by atoms with Crippen LogP contribution in [-0.2, 0) is 18.3 Å². The third-order valence-corrected chi connectivity index (χ3v) is 3.42. The number of hydrogen-bond acceptors (Lipinski definition) is 3. The summed E-state index contributed by atoms with van der Waals surface area (Å²) in [7, 11) is 2.04.